The van der Waals surface area contributed by atoms with Gasteiger partial charge in [0.05, 0.1) is 11.4 Å². The van der Waals surface area contributed by atoms with Gasteiger partial charge in [0.2, 0.25) is 0 Å². The number of pyridine rings is 1. The lowest BCUT2D eigenvalue weighted by atomic mass is 10.1. The fourth-order valence-corrected chi connectivity index (χ4v) is 3.71. The highest BCUT2D eigenvalue weighted by atomic mass is 32.2. The molecule has 140 valence electrons. The first-order valence-corrected chi connectivity index (χ1v) is 9.99. The molecule has 0 unspecified atom stereocenters. The number of aromatic amines is 1. The second-order valence-corrected chi connectivity index (χ2v) is 7.14. The Morgan fingerprint density at radius 1 is 1.07 bits per heavy atom. The summed E-state index contributed by atoms with van der Waals surface area (Å²) in [5.74, 6) is 1.03. The number of carbonyl (C=O) groups is 1. The van der Waals surface area contributed by atoms with Gasteiger partial charge in [0, 0.05) is 29.8 Å². The molecule has 6 nitrogen and oxygen atoms in total. The van der Waals surface area contributed by atoms with E-state index < -0.39 is 0 Å². The molecule has 0 aliphatic carbocycles. The molecular weight excluding hydrogens is 370 g/mol. The van der Waals surface area contributed by atoms with Crippen molar-refractivity contribution in [2.75, 3.05) is 5.75 Å². The molecule has 28 heavy (non-hydrogen) atoms. The van der Waals surface area contributed by atoms with Crippen molar-refractivity contribution in [3.63, 3.8) is 0 Å². The van der Waals surface area contributed by atoms with Gasteiger partial charge in [-0.2, -0.15) is 0 Å². The van der Waals surface area contributed by atoms with Crippen LogP contribution in [-0.2, 0) is 6.42 Å². The Morgan fingerprint density at radius 3 is 2.54 bits per heavy atom. The molecule has 0 bridgehead atoms. The molecule has 0 saturated heterocycles. The molecule has 0 saturated carbocycles. The summed E-state index contributed by atoms with van der Waals surface area (Å²) in [5.41, 5.74) is 3.74. The number of ketones is 1. The number of thioether (sulfide) groups is 1. The molecule has 1 aromatic carbocycles. The predicted molar refractivity (Wildman–Crippen MR) is 110 cm³/mol. The topological polar surface area (TPSA) is 76.5 Å². The minimum absolute atomic E-state index is 0.0244. The summed E-state index contributed by atoms with van der Waals surface area (Å²) >= 11 is 1.38. The third kappa shape index (κ3) is 3.75. The zero-order valence-corrected chi connectivity index (χ0v) is 16.2. The molecule has 3 aromatic heterocycles. The number of aromatic nitrogens is 5. The van der Waals surface area contributed by atoms with E-state index in [1.54, 1.807) is 24.7 Å². The molecule has 4 aromatic rings. The number of benzene rings is 1. The van der Waals surface area contributed by atoms with Gasteiger partial charge in [-0.15, -0.1) is 10.2 Å². The molecule has 4 rings (SSSR count). The van der Waals surface area contributed by atoms with Crippen LogP contribution in [0.3, 0.4) is 0 Å². The molecule has 1 N–H and O–H groups in total. The molecule has 0 spiro atoms. The predicted octanol–water partition coefficient (Wildman–Crippen LogP) is 4.19. The molecule has 0 aliphatic heterocycles. The first-order valence-electron chi connectivity index (χ1n) is 9.00. The SMILES string of the molecule is CCc1ccc(-n2c(SCC(=O)c3ccc[nH]3)nnc2-c2ccncc2)cc1. The second kappa shape index (κ2) is 8.22. The van der Waals surface area contributed by atoms with Crippen LogP contribution in [0.5, 0.6) is 0 Å². The molecular formula is C21H19N5OS. The van der Waals surface area contributed by atoms with E-state index in [1.165, 1.54) is 17.3 Å². The first-order chi connectivity index (χ1) is 13.8. The first kappa shape index (κ1) is 18.2. The maximum atomic E-state index is 12.4. The smallest absolute Gasteiger partial charge is 0.196 e. The number of aryl methyl sites for hydroxylation is 1. The number of H-pyrrole nitrogens is 1. The molecule has 0 fully saturated rings. The summed E-state index contributed by atoms with van der Waals surface area (Å²) in [6.07, 6.45) is 6.19. The molecule has 3 heterocycles. The fraction of sp³-hybridized carbons (Fsp3) is 0.143. The summed E-state index contributed by atoms with van der Waals surface area (Å²) in [6, 6.07) is 15.7. The zero-order chi connectivity index (χ0) is 19.3. The molecule has 0 aliphatic rings. The standard InChI is InChI=1S/C21H19N5OS/c1-2-15-5-7-17(8-6-15)26-20(16-9-12-22-13-10-16)24-25-21(26)28-14-19(27)18-4-3-11-23-18/h3-13,23H,2,14H2,1H3. The van der Waals surface area contributed by atoms with Crippen molar-refractivity contribution in [1.82, 2.24) is 24.7 Å². The largest absolute Gasteiger partial charge is 0.359 e. The van der Waals surface area contributed by atoms with Crippen molar-refractivity contribution < 1.29 is 4.79 Å². The average Bonchev–Trinajstić information content (AvgIpc) is 3.43. The van der Waals surface area contributed by atoms with Crippen LogP contribution in [0.4, 0.5) is 0 Å². The lowest BCUT2D eigenvalue weighted by Crippen LogP contribution is -2.05. The van der Waals surface area contributed by atoms with Crippen LogP contribution in [0.15, 0.2) is 72.3 Å². The monoisotopic (exact) mass is 389 g/mol. The number of rotatable bonds is 7. The molecule has 0 radical (unpaired) electrons. The Labute approximate surface area is 167 Å². The maximum Gasteiger partial charge on any atom is 0.196 e. The van der Waals surface area contributed by atoms with Crippen LogP contribution in [0.2, 0.25) is 0 Å². The van der Waals surface area contributed by atoms with Crippen molar-refractivity contribution in [2.45, 2.75) is 18.5 Å². The van der Waals surface area contributed by atoms with Gasteiger partial charge in [-0.3, -0.25) is 14.3 Å². The Kier molecular flexibility index (Phi) is 5.34. The Morgan fingerprint density at radius 2 is 1.86 bits per heavy atom. The quantitative estimate of drug-likeness (QED) is 0.379. The van der Waals surface area contributed by atoms with Crippen molar-refractivity contribution >= 4 is 17.5 Å². The number of nitrogens with zero attached hydrogens (tertiary/aromatic N) is 4. The molecule has 7 heteroatoms. The van der Waals surface area contributed by atoms with E-state index in [-0.39, 0.29) is 11.5 Å². The average molecular weight is 389 g/mol. The lowest BCUT2D eigenvalue weighted by molar-refractivity contribution is 0.101. The summed E-state index contributed by atoms with van der Waals surface area (Å²) < 4.78 is 1.99. The number of hydrogen-bond donors (Lipinski definition) is 1. The Balaban J connectivity index is 1.69. The number of hydrogen-bond acceptors (Lipinski definition) is 5. The number of carbonyl (C=O) groups excluding carboxylic acids is 1. The Bertz CT molecular complexity index is 1060. The highest BCUT2D eigenvalue weighted by Gasteiger charge is 2.18. The number of nitrogens with one attached hydrogen (secondary N) is 1. The van der Waals surface area contributed by atoms with Crippen LogP contribution in [0.1, 0.15) is 23.0 Å². The van der Waals surface area contributed by atoms with E-state index in [4.69, 9.17) is 0 Å². The van der Waals surface area contributed by atoms with E-state index in [9.17, 15) is 4.79 Å². The van der Waals surface area contributed by atoms with E-state index >= 15 is 0 Å². The van der Waals surface area contributed by atoms with Crippen molar-refractivity contribution in [3.05, 3.63) is 78.4 Å². The van der Waals surface area contributed by atoms with Gasteiger partial charge >= 0.3 is 0 Å². The van der Waals surface area contributed by atoms with E-state index in [1.807, 2.05) is 22.8 Å². The zero-order valence-electron chi connectivity index (χ0n) is 15.4. The van der Waals surface area contributed by atoms with E-state index in [0.29, 0.717) is 10.9 Å². The van der Waals surface area contributed by atoms with Crippen LogP contribution in [0.25, 0.3) is 17.1 Å². The maximum absolute atomic E-state index is 12.4. The van der Waals surface area contributed by atoms with Crippen LogP contribution in [-0.4, -0.2) is 36.3 Å². The van der Waals surface area contributed by atoms with E-state index in [0.717, 1.165) is 23.5 Å². The van der Waals surface area contributed by atoms with Gasteiger partial charge in [0.25, 0.3) is 0 Å². The van der Waals surface area contributed by atoms with Gasteiger partial charge in [0.1, 0.15) is 0 Å². The summed E-state index contributed by atoms with van der Waals surface area (Å²) in [4.78, 5) is 19.4. The highest BCUT2D eigenvalue weighted by molar-refractivity contribution is 7.99. The minimum atomic E-state index is 0.0244. The Hall–Kier alpha value is -3.19. The van der Waals surface area contributed by atoms with Gasteiger partial charge in [-0.05, 0) is 48.4 Å². The molecule has 0 amide bonds. The van der Waals surface area contributed by atoms with Gasteiger partial charge in [-0.1, -0.05) is 30.8 Å². The summed E-state index contributed by atoms with van der Waals surface area (Å²) in [5, 5.41) is 9.43. The van der Waals surface area contributed by atoms with Gasteiger partial charge in [0.15, 0.2) is 16.8 Å². The van der Waals surface area contributed by atoms with E-state index in [2.05, 4.69) is 51.4 Å². The highest BCUT2D eigenvalue weighted by Crippen LogP contribution is 2.28. The van der Waals surface area contributed by atoms with Crippen LogP contribution >= 0.6 is 11.8 Å². The minimum Gasteiger partial charge on any atom is -0.359 e. The van der Waals surface area contributed by atoms with Gasteiger partial charge in [-0.25, -0.2) is 0 Å². The van der Waals surface area contributed by atoms with Gasteiger partial charge < -0.3 is 4.98 Å². The van der Waals surface area contributed by atoms with Crippen molar-refractivity contribution in [3.8, 4) is 17.1 Å². The van der Waals surface area contributed by atoms with Crippen LogP contribution in [0, 0.1) is 0 Å². The summed E-state index contributed by atoms with van der Waals surface area (Å²) in [6.45, 7) is 2.13. The van der Waals surface area contributed by atoms with Crippen molar-refractivity contribution in [2.24, 2.45) is 0 Å². The fourth-order valence-electron chi connectivity index (χ4n) is 2.88. The van der Waals surface area contributed by atoms with Crippen molar-refractivity contribution in [1.29, 1.82) is 0 Å². The third-order valence-electron chi connectivity index (χ3n) is 4.41. The van der Waals surface area contributed by atoms with Crippen LogP contribution < -0.4 is 0 Å². The lowest BCUT2D eigenvalue weighted by Gasteiger charge is -2.11. The number of Topliss-reactive ketones (excluding diaryl/α,β-unsaturated/α-hetero) is 1. The normalized spacial score (nSPS) is 10.9. The summed E-state index contributed by atoms with van der Waals surface area (Å²) in [7, 11) is 0. The molecule has 0 atom stereocenters. The third-order valence-corrected chi connectivity index (χ3v) is 5.33. The second-order valence-electron chi connectivity index (χ2n) is 6.19.